The van der Waals surface area contributed by atoms with Gasteiger partial charge in [-0.25, -0.2) is 29.0 Å². The monoisotopic (exact) mass is 598 g/mol. The Kier molecular flexibility index (Phi) is 14.6. The average molecular weight is 599 g/mol. The highest BCUT2D eigenvalue weighted by Gasteiger charge is 2.19. The molecule has 2 aromatic rings. The highest BCUT2D eigenvalue weighted by atomic mass is 17.5. The van der Waals surface area contributed by atoms with Gasteiger partial charge in [-0.3, -0.25) is 9.78 Å². The number of rotatable bonds is 17. The quantitative estimate of drug-likeness (QED) is 0.109. The van der Waals surface area contributed by atoms with E-state index in [1.54, 1.807) is 0 Å². The molecule has 0 saturated carbocycles. The minimum Gasteiger partial charge on any atom is -0.497 e. The number of methoxy groups -OCH3 is 4. The second-order valence-electron chi connectivity index (χ2n) is 7.79. The maximum atomic E-state index is 12.0. The lowest BCUT2D eigenvalue weighted by Gasteiger charge is -2.09. The van der Waals surface area contributed by atoms with E-state index < -0.39 is 24.2 Å². The highest BCUT2D eigenvalue weighted by Crippen LogP contribution is 2.26. The third kappa shape index (κ3) is 11.3. The van der Waals surface area contributed by atoms with E-state index in [9.17, 15) is 19.2 Å². The van der Waals surface area contributed by atoms with Gasteiger partial charge in [-0.15, -0.1) is 0 Å². The van der Waals surface area contributed by atoms with Crippen LogP contribution in [0.5, 0.6) is 23.0 Å². The normalized spacial score (nSPS) is 10.1. The first-order valence-corrected chi connectivity index (χ1v) is 12.2. The zero-order chi connectivity index (χ0) is 30.7. The summed E-state index contributed by atoms with van der Waals surface area (Å²) >= 11 is 0. The molecule has 0 radical (unpaired) electrons. The summed E-state index contributed by atoms with van der Waals surface area (Å²) in [4.78, 5) is 64.3. The van der Waals surface area contributed by atoms with E-state index >= 15 is 0 Å². The molecule has 230 valence electrons. The maximum absolute atomic E-state index is 12.0. The van der Waals surface area contributed by atoms with Crippen LogP contribution >= 0.6 is 0 Å². The summed E-state index contributed by atoms with van der Waals surface area (Å²) < 4.78 is 29.8. The minimum atomic E-state index is -1.22. The van der Waals surface area contributed by atoms with Gasteiger partial charge in [-0.1, -0.05) is 0 Å². The van der Waals surface area contributed by atoms with Crippen LogP contribution < -0.4 is 18.9 Å². The van der Waals surface area contributed by atoms with Crippen molar-refractivity contribution in [2.45, 2.75) is 25.7 Å². The summed E-state index contributed by atoms with van der Waals surface area (Å²) in [6.45, 7) is -0.0208. The van der Waals surface area contributed by atoms with Crippen molar-refractivity contribution in [1.82, 2.24) is 0 Å². The molecule has 0 aliphatic heterocycles. The summed E-state index contributed by atoms with van der Waals surface area (Å²) in [5.41, 5.74) is 0.0171. The molecule has 0 fully saturated rings. The molecule has 0 aromatic heterocycles. The Morgan fingerprint density at radius 2 is 0.929 bits per heavy atom. The summed E-state index contributed by atoms with van der Waals surface area (Å²) in [5.74, 6) is -0.720. The molecule has 2 rings (SSSR count). The van der Waals surface area contributed by atoms with Crippen LogP contribution in [0.3, 0.4) is 0 Å². The van der Waals surface area contributed by atoms with Gasteiger partial charge < -0.3 is 28.4 Å². The van der Waals surface area contributed by atoms with Crippen molar-refractivity contribution < 1.29 is 77.2 Å². The lowest BCUT2D eigenvalue weighted by molar-refractivity contribution is -0.452. The Balaban J connectivity index is 1.49. The van der Waals surface area contributed by atoms with Crippen molar-refractivity contribution in [3.05, 3.63) is 47.5 Å². The molecule has 0 unspecified atom stereocenters. The van der Waals surface area contributed by atoms with Crippen LogP contribution in [-0.4, -0.2) is 65.9 Å². The van der Waals surface area contributed by atoms with Gasteiger partial charge in [0, 0.05) is 12.1 Å². The number of carbonyl (C=O) groups excluding carboxylic acids is 4. The Labute approximate surface area is 239 Å². The lowest BCUT2D eigenvalue weighted by atomic mass is 10.2. The van der Waals surface area contributed by atoms with E-state index in [1.165, 1.54) is 64.8 Å². The second kappa shape index (κ2) is 18.4. The van der Waals surface area contributed by atoms with Crippen LogP contribution in [0.1, 0.15) is 46.4 Å². The van der Waals surface area contributed by atoms with Crippen molar-refractivity contribution in [3.8, 4) is 23.0 Å². The van der Waals surface area contributed by atoms with Gasteiger partial charge in [0.05, 0.1) is 51.7 Å². The molecular weight excluding hydrogens is 568 g/mol. The Bertz CT molecular complexity index is 1090. The van der Waals surface area contributed by atoms with Gasteiger partial charge in [0.2, 0.25) is 0 Å². The molecule has 0 amide bonds. The number of unbranched alkanes of at least 4 members (excludes halogenated alkanes) is 3. The molecule has 42 heavy (non-hydrogen) atoms. The van der Waals surface area contributed by atoms with Gasteiger partial charge in [0.15, 0.2) is 0 Å². The summed E-state index contributed by atoms with van der Waals surface area (Å²) in [6, 6.07) is 8.68. The molecule has 0 bridgehead atoms. The van der Waals surface area contributed by atoms with Gasteiger partial charge in [0.25, 0.3) is 0 Å². The molecule has 16 heteroatoms. The number of benzene rings is 2. The molecule has 0 aliphatic carbocycles. The first kappa shape index (κ1) is 33.2. The van der Waals surface area contributed by atoms with Crippen molar-refractivity contribution >= 4 is 24.2 Å². The van der Waals surface area contributed by atoms with E-state index in [0.717, 1.165) is 0 Å². The zero-order valence-electron chi connectivity index (χ0n) is 23.2. The Morgan fingerprint density at radius 1 is 0.524 bits per heavy atom. The fraction of sp³-hybridized carbons (Fsp3) is 0.385. The van der Waals surface area contributed by atoms with Gasteiger partial charge in [-0.2, -0.15) is 0 Å². The molecule has 0 heterocycles. The third-order valence-electron chi connectivity index (χ3n) is 5.16. The Hall–Kier alpha value is -4.96. The predicted octanol–water partition coefficient (Wildman–Crippen LogP) is 4.29. The molecule has 0 aliphatic rings. The molecular formula is C26H30O16. The number of hydrogen-bond acceptors (Lipinski definition) is 16. The van der Waals surface area contributed by atoms with Crippen LogP contribution in [0.4, 0.5) is 9.59 Å². The average Bonchev–Trinajstić information content (AvgIpc) is 3.01. The van der Waals surface area contributed by atoms with Crippen LogP contribution in [-0.2, 0) is 39.1 Å². The van der Waals surface area contributed by atoms with Crippen molar-refractivity contribution in [2.75, 3.05) is 41.7 Å². The largest absolute Gasteiger partial charge is 0.543 e. The maximum Gasteiger partial charge on any atom is 0.543 e. The third-order valence-corrected chi connectivity index (χ3v) is 5.16. The van der Waals surface area contributed by atoms with Gasteiger partial charge in [0.1, 0.15) is 34.1 Å². The summed E-state index contributed by atoms with van der Waals surface area (Å²) in [6.07, 6.45) is -0.317. The number of ether oxygens (including phenoxy) is 6. The number of hydrogen-bond donors (Lipinski definition) is 0. The molecule has 0 spiro atoms. The fourth-order valence-electron chi connectivity index (χ4n) is 3.09. The summed E-state index contributed by atoms with van der Waals surface area (Å²) in [5, 5.41) is 8.33. The van der Waals surface area contributed by atoms with Crippen LogP contribution in [0.2, 0.25) is 0 Å². The standard InChI is InChI=1S/C26H30O16/c1-31-17-9-11-19(21(15-17)33-3)23(27)37-41-39-25(29)35-13-7-5-6-8-14-36-26(30)40-42-38-24(28)20-12-10-18(32-2)16-22(20)34-4/h9-12,15-16H,5-8,13-14H2,1-4H3. The topological polar surface area (TPSA) is 179 Å². The smallest absolute Gasteiger partial charge is 0.497 e. The van der Waals surface area contributed by atoms with E-state index in [4.69, 9.17) is 28.4 Å². The van der Waals surface area contributed by atoms with Crippen molar-refractivity contribution in [3.63, 3.8) is 0 Å². The highest BCUT2D eigenvalue weighted by molar-refractivity contribution is 5.93. The summed E-state index contributed by atoms with van der Waals surface area (Å²) in [7, 11) is 5.60. The first-order valence-electron chi connectivity index (χ1n) is 12.2. The van der Waals surface area contributed by atoms with Crippen LogP contribution in [0.15, 0.2) is 36.4 Å². The van der Waals surface area contributed by atoms with E-state index in [1.807, 2.05) is 0 Å². The van der Waals surface area contributed by atoms with Crippen LogP contribution in [0, 0.1) is 0 Å². The second-order valence-corrected chi connectivity index (χ2v) is 7.79. The predicted molar refractivity (Wildman–Crippen MR) is 135 cm³/mol. The van der Waals surface area contributed by atoms with Gasteiger partial charge >= 0.3 is 24.2 Å². The first-order chi connectivity index (χ1) is 20.3. The van der Waals surface area contributed by atoms with E-state index in [2.05, 4.69) is 29.6 Å². The SMILES string of the molecule is COc1ccc(C(=O)OOOC(=O)OCCCCCCOC(=O)OOOC(=O)c2ccc(OC)cc2OC)c(OC)c1. The van der Waals surface area contributed by atoms with Gasteiger partial charge in [-0.05, 0) is 49.9 Å². The Morgan fingerprint density at radius 3 is 1.29 bits per heavy atom. The number of carbonyl (C=O) groups is 4. The zero-order valence-corrected chi connectivity index (χ0v) is 23.2. The van der Waals surface area contributed by atoms with E-state index in [-0.39, 0.29) is 35.8 Å². The fourth-order valence-corrected chi connectivity index (χ4v) is 3.09. The molecule has 0 atom stereocenters. The lowest BCUT2D eigenvalue weighted by Crippen LogP contribution is -2.13. The molecule has 16 nitrogen and oxygen atoms in total. The van der Waals surface area contributed by atoms with E-state index in [0.29, 0.717) is 37.2 Å². The molecule has 0 N–H and O–H groups in total. The molecule has 2 aromatic carbocycles. The van der Waals surface area contributed by atoms with Crippen molar-refractivity contribution in [1.29, 1.82) is 0 Å². The minimum absolute atomic E-state index is 0.00856. The van der Waals surface area contributed by atoms with Crippen molar-refractivity contribution in [2.24, 2.45) is 0 Å². The van der Waals surface area contributed by atoms with Crippen LogP contribution in [0.25, 0.3) is 0 Å². The molecule has 0 saturated heterocycles.